The molecule has 0 N–H and O–H groups in total. The third-order valence-corrected chi connectivity index (χ3v) is 7.10. The number of nitrogens with zero attached hydrogens (tertiary/aromatic N) is 3. The average molecular weight is 396 g/mol. The van der Waals surface area contributed by atoms with E-state index >= 15 is 0 Å². The van der Waals surface area contributed by atoms with Gasteiger partial charge in [0.1, 0.15) is 0 Å². The number of benzene rings is 1. The monoisotopic (exact) mass is 395 g/mol. The van der Waals surface area contributed by atoms with E-state index in [-0.39, 0.29) is 28.6 Å². The van der Waals surface area contributed by atoms with Gasteiger partial charge in [0, 0.05) is 19.2 Å². The van der Waals surface area contributed by atoms with Crippen LogP contribution in [0.25, 0.3) is 0 Å². The molecular formula is C17H21N3O4S2. The summed E-state index contributed by atoms with van der Waals surface area (Å²) in [7, 11) is -1.19. The van der Waals surface area contributed by atoms with Crippen LogP contribution in [0, 0.1) is 5.92 Å². The Labute approximate surface area is 157 Å². The first-order valence-electron chi connectivity index (χ1n) is 8.36. The molecule has 0 saturated carbocycles. The van der Waals surface area contributed by atoms with Crippen molar-refractivity contribution in [2.75, 3.05) is 23.5 Å². The summed E-state index contributed by atoms with van der Waals surface area (Å²) in [5.41, 5.74) is 0.818. The maximum Gasteiger partial charge on any atom is 0.277 e. The highest BCUT2D eigenvalue weighted by atomic mass is 32.2. The molecule has 2 atom stereocenters. The van der Waals surface area contributed by atoms with Crippen LogP contribution in [0.5, 0.6) is 0 Å². The molecule has 0 aliphatic carbocycles. The second-order valence-corrected chi connectivity index (χ2v) is 9.95. The fraction of sp³-hybridized carbons (Fsp3) is 0.471. The fourth-order valence-corrected chi connectivity index (χ4v) is 5.56. The maximum atomic E-state index is 12.6. The van der Waals surface area contributed by atoms with Crippen LogP contribution in [0.1, 0.15) is 19.2 Å². The van der Waals surface area contributed by atoms with Crippen LogP contribution in [-0.2, 0) is 21.1 Å². The zero-order valence-corrected chi connectivity index (χ0v) is 16.3. The van der Waals surface area contributed by atoms with E-state index in [4.69, 9.17) is 4.42 Å². The number of para-hydroxylation sites is 1. The number of sulfone groups is 1. The summed E-state index contributed by atoms with van der Waals surface area (Å²) in [5.74, 6) is 0.786. The van der Waals surface area contributed by atoms with E-state index in [1.807, 2.05) is 30.3 Å². The second kappa shape index (κ2) is 7.79. The molecule has 140 valence electrons. The molecule has 1 aliphatic heterocycles. The summed E-state index contributed by atoms with van der Waals surface area (Å²) in [6.07, 6.45) is 1.09. The van der Waals surface area contributed by atoms with Gasteiger partial charge in [-0.05, 0) is 31.4 Å². The Morgan fingerprint density at radius 3 is 2.73 bits per heavy atom. The lowest BCUT2D eigenvalue weighted by Crippen LogP contribution is -2.33. The maximum absolute atomic E-state index is 12.6. The van der Waals surface area contributed by atoms with Crippen LogP contribution >= 0.6 is 11.8 Å². The van der Waals surface area contributed by atoms with Crippen molar-refractivity contribution in [3.05, 3.63) is 36.2 Å². The van der Waals surface area contributed by atoms with Crippen LogP contribution in [-0.4, -0.2) is 48.3 Å². The van der Waals surface area contributed by atoms with E-state index < -0.39 is 9.84 Å². The van der Waals surface area contributed by atoms with Crippen molar-refractivity contribution in [3.63, 3.8) is 0 Å². The molecule has 7 nitrogen and oxygen atoms in total. The lowest BCUT2D eigenvalue weighted by Gasteiger charge is -2.20. The first-order chi connectivity index (χ1) is 12.3. The van der Waals surface area contributed by atoms with Gasteiger partial charge in [-0.1, -0.05) is 30.0 Å². The predicted molar refractivity (Wildman–Crippen MR) is 99.9 cm³/mol. The molecule has 1 fully saturated rings. The highest BCUT2D eigenvalue weighted by Gasteiger charge is 2.29. The molecule has 1 aromatic carbocycles. The molecule has 2 aromatic rings. The van der Waals surface area contributed by atoms with Gasteiger partial charge >= 0.3 is 0 Å². The molecule has 2 heterocycles. The minimum Gasteiger partial charge on any atom is -0.416 e. The normalized spacial score (nSPS) is 20.0. The number of carbonyl (C=O) groups excluding carboxylic acids is 1. The predicted octanol–water partition coefficient (Wildman–Crippen LogP) is 2.19. The summed E-state index contributed by atoms with van der Waals surface area (Å²) in [6, 6.07) is 9.40. The molecule has 0 spiro atoms. The molecule has 9 heteroatoms. The summed E-state index contributed by atoms with van der Waals surface area (Å²) in [4.78, 5) is 14.1. The smallest absolute Gasteiger partial charge is 0.277 e. The van der Waals surface area contributed by atoms with E-state index in [1.165, 1.54) is 11.8 Å². The van der Waals surface area contributed by atoms with Crippen molar-refractivity contribution in [3.8, 4) is 0 Å². The Balaban J connectivity index is 1.57. The van der Waals surface area contributed by atoms with Crippen molar-refractivity contribution < 1.29 is 17.6 Å². The lowest BCUT2D eigenvalue weighted by molar-refractivity contribution is -0.117. The standard InChI is InChI=1S/C17H21N3O4S2/c1-12(16(21)20(2)14-6-4-3-5-7-14)25-17-19-18-15(24-17)10-13-8-9-26(22,23)11-13/h3-7,12-13H,8-11H2,1-2H3/t12-,13+/m0/s1. The van der Waals surface area contributed by atoms with Crippen molar-refractivity contribution in [1.82, 2.24) is 10.2 Å². The number of carbonyl (C=O) groups is 1. The quantitative estimate of drug-likeness (QED) is 0.692. The van der Waals surface area contributed by atoms with Gasteiger partial charge in [0.05, 0.1) is 16.8 Å². The number of thioether (sulfide) groups is 1. The highest BCUT2D eigenvalue weighted by molar-refractivity contribution is 8.00. The Morgan fingerprint density at radius 1 is 1.35 bits per heavy atom. The summed E-state index contributed by atoms with van der Waals surface area (Å²) in [5, 5.41) is 7.89. The Morgan fingerprint density at radius 2 is 2.08 bits per heavy atom. The third-order valence-electron chi connectivity index (χ3n) is 4.34. The van der Waals surface area contributed by atoms with Gasteiger partial charge in [0.15, 0.2) is 9.84 Å². The highest BCUT2D eigenvalue weighted by Crippen LogP contribution is 2.27. The molecular weight excluding hydrogens is 374 g/mol. The molecule has 1 amide bonds. The molecule has 0 unspecified atom stereocenters. The Hall–Kier alpha value is -1.87. The van der Waals surface area contributed by atoms with E-state index in [9.17, 15) is 13.2 Å². The molecule has 3 rings (SSSR count). The molecule has 0 bridgehead atoms. The summed E-state index contributed by atoms with van der Waals surface area (Å²) in [6.45, 7) is 1.79. The van der Waals surface area contributed by atoms with Gasteiger partial charge < -0.3 is 9.32 Å². The van der Waals surface area contributed by atoms with Crippen LogP contribution < -0.4 is 4.90 Å². The Kier molecular flexibility index (Phi) is 5.67. The van der Waals surface area contributed by atoms with Gasteiger partial charge in [-0.15, -0.1) is 10.2 Å². The first-order valence-corrected chi connectivity index (χ1v) is 11.1. The zero-order valence-electron chi connectivity index (χ0n) is 14.7. The Bertz CT molecular complexity index is 867. The van der Waals surface area contributed by atoms with Crippen LogP contribution in [0.2, 0.25) is 0 Å². The summed E-state index contributed by atoms with van der Waals surface area (Å²) >= 11 is 1.20. The topological polar surface area (TPSA) is 93.4 Å². The minimum atomic E-state index is -2.92. The van der Waals surface area contributed by atoms with Crippen molar-refractivity contribution >= 4 is 33.2 Å². The number of hydrogen-bond acceptors (Lipinski definition) is 7. The molecule has 26 heavy (non-hydrogen) atoms. The lowest BCUT2D eigenvalue weighted by atomic mass is 10.1. The number of rotatable bonds is 6. The van der Waals surface area contributed by atoms with Crippen LogP contribution in [0.3, 0.4) is 0 Å². The molecule has 1 saturated heterocycles. The van der Waals surface area contributed by atoms with E-state index in [0.717, 1.165) is 5.69 Å². The SMILES string of the molecule is C[C@H](Sc1nnc(C[C@H]2CCS(=O)(=O)C2)o1)C(=O)N(C)c1ccccc1. The van der Waals surface area contributed by atoms with Crippen molar-refractivity contribution in [2.24, 2.45) is 5.92 Å². The number of aromatic nitrogens is 2. The zero-order chi connectivity index (χ0) is 18.7. The van der Waals surface area contributed by atoms with Gasteiger partial charge in [-0.3, -0.25) is 4.79 Å². The van der Waals surface area contributed by atoms with E-state index in [2.05, 4.69) is 10.2 Å². The second-order valence-electron chi connectivity index (χ2n) is 6.43. The molecule has 1 aromatic heterocycles. The summed E-state index contributed by atoms with van der Waals surface area (Å²) < 4.78 is 28.6. The van der Waals surface area contributed by atoms with Gasteiger partial charge in [0.2, 0.25) is 11.8 Å². The van der Waals surface area contributed by atoms with Crippen molar-refractivity contribution in [1.29, 1.82) is 0 Å². The van der Waals surface area contributed by atoms with E-state index in [1.54, 1.807) is 18.9 Å². The van der Waals surface area contributed by atoms with E-state index in [0.29, 0.717) is 24.0 Å². The van der Waals surface area contributed by atoms with Crippen LogP contribution in [0.15, 0.2) is 40.0 Å². The number of amides is 1. The largest absolute Gasteiger partial charge is 0.416 e. The van der Waals surface area contributed by atoms with Gasteiger partial charge in [-0.2, -0.15) is 0 Å². The average Bonchev–Trinajstić information content (AvgIpc) is 3.20. The fourth-order valence-electron chi connectivity index (χ4n) is 2.90. The van der Waals surface area contributed by atoms with Crippen molar-refractivity contribution in [2.45, 2.75) is 30.2 Å². The molecule has 0 radical (unpaired) electrons. The first kappa shape index (κ1) is 18.9. The van der Waals surface area contributed by atoms with Crippen LogP contribution in [0.4, 0.5) is 5.69 Å². The minimum absolute atomic E-state index is 0.0292. The molecule has 1 aliphatic rings. The van der Waals surface area contributed by atoms with Gasteiger partial charge in [-0.25, -0.2) is 8.42 Å². The third kappa shape index (κ3) is 4.64. The number of anilines is 1. The van der Waals surface area contributed by atoms with Gasteiger partial charge in [0.25, 0.3) is 5.22 Å². The number of hydrogen-bond donors (Lipinski definition) is 0.